The van der Waals surface area contributed by atoms with E-state index in [9.17, 15) is 0 Å². The van der Waals surface area contributed by atoms with E-state index < -0.39 is 0 Å². The molecule has 2 aliphatic rings. The van der Waals surface area contributed by atoms with Crippen molar-refractivity contribution in [1.82, 2.24) is 15.1 Å². The third-order valence-electron chi connectivity index (χ3n) is 4.47. The van der Waals surface area contributed by atoms with Gasteiger partial charge in [0.2, 0.25) is 0 Å². The van der Waals surface area contributed by atoms with Gasteiger partial charge >= 0.3 is 0 Å². The van der Waals surface area contributed by atoms with Gasteiger partial charge < -0.3 is 20.5 Å². The zero-order valence-electron chi connectivity index (χ0n) is 15.8. The van der Waals surface area contributed by atoms with Crippen LogP contribution in [-0.4, -0.2) is 93.5 Å². The molecule has 3 N–H and O–H groups in total. The van der Waals surface area contributed by atoms with Crippen LogP contribution in [0.1, 0.15) is 26.7 Å². The van der Waals surface area contributed by atoms with Crippen molar-refractivity contribution >= 4 is 29.9 Å². The van der Waals surface area contributed by atoms with Gasteiger partial charge in [-0.2, -0.15) is 0 Å². The van der Waals surface area contributed by atoms with Gasteiger partial charge in [0, 0.05) is 45.8 Å². The van der Waals surface area contributed by atoms with Gasteiger partial charge in [0.25, 0.3) is 0 Å². The summed E-state index contributed by atoms with van der Waals surface area (Å²) in [5.74, 6) is 0.570. The molecule has 0 aromatic rings. The molecule has 0 radical (unpaired) electrons. The first-order valence-electron chi connectivity index (χ1n) is 9.35. The van der Waals surface area contributed by atoms with E-state index in [0.717, 1.165) is 78.4 Å². The molecule has 0 aromatic heterocycles. The van der Waals surface area contributed by atoms with E-state index in [1.807, 2.05) is 0 Å². The summed E-state index contributed by atoms with van der Waals surface area (Å²) in [7, 11) is 0. The molecular formula is C17H36IN5O2. The fourth-order valence-corrected chi connectivity index (χ4v) is 3.36. The van der Waals surface area contributed by atoms with E-state index in [0.29, 0.717) is 18.2 Å². The molecule has 2 fully saturated rings. The number of nitrogens with two attached hydrogens (primary N) is 1. The number of guanidine groups is 1. The summed E-state index contributed by atoms with van der Waals surface area (Å²) in [6, 6.07) is 0. The van der Waals surface area contributed by atoms with Crippen molar-refractivity contribution in [1.29, 1.82) is 0 Å². The molecule has 2 rings (SSSR count). The lowest BCUT2D eigenvalue weighted by Gasteiger charge is -2.35. The number of hydrogen-bond acceptors (Lipinski definition) is 5. The minimum atomic E-state index is 0. The average molecular weight is 469 g/mol. The monoisotopic (exact) mass is 469 g/mol. The second kappa shape index (κ2) is 13.1. The highest BCUT2D eigenvalue weighted by molar-refractivity contribution is 14.0. The zero-order chi connectivity index (χ0) is 17.2. The van der Waals surface area contributed by atoms with Crippen LogP contribution in [-0.2, 0) is 9.47 Å². The molecule has 0 amide bonds. The summed E-state index contributed by atoms with van der Waals surface area (Å²) in [6.45, 7) is 13.9. The predicted molar refractivity (Wildman–Crippen MR) is 113 cm³/mol. The van der Waals surface area contributed by atoms with Crippen molar-refractivity contribution in [2.75, 3.05) is 65.6 Å². The SMILES string of the molecule is CC1CN(CCCN=C(N)NCCCN2CCOCC2)CC(C)O1.I. The fraction of sp³-hybridized carbons (Fsp3) is 0.941. The lowest BCUT2D eigenvalue weighted by molar-refractivity contribution is -0.0679. The molecule has 25 heavy (non-hydrogen) atoms. The number of hydrogen-bond donors (Lipinski definition) is 2. The van der Waals surface area contributed by atoms with Crippen molar-refractivity contribution in [2.24, 2.45) is 10.7 Å². The molecular weight excluding hydrogens is 433 g/mol. The van der Waals surface area contributed by atoms with E-state index in [-0.39, 0.29) is 24.0 Å². The number of nitrogens with zero attached hydrogens (tertiary/aromatic N) is 3. The molecule has 2 heterocycles. The van der Waals surface area contributed by atoms with Gasteiger partial charge in [-0.1, -0.05) is 0 Å². The quantitative estimate of drug-likeness (QED) is 0.236. The molecule has 148 valence electrons. The molecule has 8 heteroatoms. The van der Waals surface area contributed by atoms with Crippen LogP contribution in [0.3, 0.4) is 0 Å². The molecule has 0 aliphatic carbocycles. The maximum Gasteiger partial charge on any atom is 0.188 e. The van der Waals surface area contributed by atoms with Gasteiger partial charge in [0.1, 0.15) is 0 Å². The van der Waals surface area contributed by atoms with Crippen LogP contribution in [0.15, 0.2) is 4.99 Å². The average Bonchev–Trinajstić information content (AvgIpc) is 2.56. The Labute approximate surface area is 169 Å². The van der Waals surface area contributed by atoms with Crippen LogP contribution in [0.4, 0.5) is 0 Å². The number of rotatable bonds is 8. The standard InChI is InChI=1S/C17H35N5O2.HI/c1-15-13-22(14-16(2)24-15)8-4-6-20-17(18)19-5-3-7-21-9-11-23-12-10-21;/h15-16H,3-14H2,1-2H3,(H3,18,19,20);1H. The van der Waals surface area contributed by atoms with Crippen molar-refractivity contribution < 1.29 is 9.47 Å². The minimum Gasteiger partial charge on any atom is -0.379 e. The number of nitrogens with one attached hydrogen (secondary N) is 1. The first-order chi connectivity index (χ1) is 11.6. The van der Waals surface area contributed by atoms with Gasteiger partial charge in [-0.15, -0.1) is 24.0 Å². The number of halogens is 1. The smallest absolute Gasteiger partial charge is 0.188 e. The lowest BCUT2D eigenvalue weighted by Crippen LogP contribution is -2.45. The molecule has 2 atom stereocenters. The van der Waals surface area contributed by atoms with E-state index in [1.54, 1.807) is 0 Å². The van der Waals surface area contributed by atoms with Gasteiger partial charge in [-0.3, -0.25) is 14.8 Å². The molecule has 0 spiro atoms. The summed E-state index contributed by atoms with van der Waals surface area (Å²) in [4.78, 5) is 9.31. The third-order valence-corrected chi connectivity index (χ3v) is 4.47. The van der Waals surface area contributed by atoms with Crippen LogP contribution < -0.4 is 11.1 Å². The molecule has 0 bridgehead atoms. The second-order valence-electron chi connectivity index (χ2n) is 6.87. The Morgan fingerprint density at radius 1 is 1.08 bits per heavy atom. The van der Waals surface area contributed by atoms with Crippen LogP contribution in [0.5, 0.6) is 0 Å². The van der Waals surface area contributed by atoms with Gasteiger partial charge in [0.15, 0.2) is 5.96 Å². The van der Waals surface area contributed by atoms with Crippen molar-refractivity contribution in [3.63, 3.8) is 0 Å². The van der Waals surface area contributed by atoms with E-state index in [1.165, 1.54) is 0 Å². The van der Waals surface area contributed by atoms with Gasteiger partial charge in [-0.25, -0.2) is 0 Å². The molecule has 2 aliphatic heterocycles. The molecule has 0 saturated carbocycles. The Bertz CT molecular complexity index is 370. The number of morpholine rings is 2. The molecule has 7 nitrogen and oxygen atoms in total. The van der Waals surface area contributed by atoms with E-state index >= 15 is 0 Å². The zero-order valence-corrected chi connectivity index (χ0v) is 18.1. The summed E-state index contributed by atoms with van der Waals surface area (Å²) < 4.78 is 11.1. The summed E-state index contributed by atoms with van der Waals surface area (Å²) >= 11 is 0. The van der Waals surface area contributed by atoms with Crippen LogP contribution in [0.2, 0.25) is 0 Å². The lowest BCUT2D eigenvalue weighted by atomic mass is 10.2. The first-order valence-corrected chi connectivity index (χ1v) is 9.35. The highest BCUT2D eigenvalue weighted by atomic mass is 127. The minimum absolute atomic E-state index is 0. The van der Waals surface area contributed by atoms with E-state index in [2.05, 4.69) is 34.0 Å². The normalized spacial score (nSPS) is 26.2. The number of ether oxygens (including phenoxy) is 2. The Balaban J connectivity index is 0.00000312. The predicted octanol–water partition coefficient (Wildman–Crippen LogP) is 0.730. The number of aliphatic imine (C=N–C) groups is 1. The largest absolute Gasteiger partial charge is 0.379 e. The Morgan fingerprint density at radius 3 is 2.40 bits per heavy atom. The second-order valence-corrected chi connectivity index (χ2v) is 6.87. The highest BCUT2D eigenvalue weighted by Crippen LogP contribution is 2.10. The van der Waals surface area contributed by atoms with E-state index in [4.69, 9.17) is 15.2 Å². The Morgan fingerprint density at radius 2 is 1.72 bits per heavy atom. The molecule has 0 aromatic carbocycles. The van der Waals surface area contributed by atoms with Crippen molar-refractivity contribution in [3.8, 4) is 0 Å². The molecule has 2 saturated heterocycles. The fourth-order valence-electron chi connectivity index (χ4n) is 3.36. The van der Waals surface area contributed by atoms with Crippen LogP contribution >= 0.6 is 24.0 Å². The van der Waals surface area contributed by atoms with Gasteiger partial charge in [0.05, 0.1) is 25.4 Å². The van der Waals surface area contributed by atoms with Crippen molar-refractivity contribution in [3.05, 3.63) is 0 Å². The van der Waals surface area contributed by atoms with Gasteiger partial charge in [-0.05, 0) is 33.2 Å². The highest BCUT2D eigenvalue weighted by Gasteiger charge is 2.21. The topological polar surface area (TPSA) is 75.4 Å². The van der Waals surface area contributed by atoms with Crippen LogP contribution in [0, 0.1) is 0 Å². The first kappa shape index (κ1) is 22.9. The maximum absolute atomic E-state index is 5.93. The maximum atomic E-state index is 5.93. The third kappa shape index (κ3) is 9.93. The Hall–Kier alpha value is -0.160. The van der Waals surface area contributed by atoms with Crippen LogP contribution in [0.25, 0.3) is 0 Å². The summed E-state index contributed by atoms with van der Waals surface area (Å²) in [5, 5.41) is 3.21. The molecule has 2 unspecified atom stereocenters. The summed E-state index contributed by atoms with van der Waals surface area (Å²) in [6.07, 6.45) is 2.78. The summed E-state index contributed by atoms with van der Waals surface area (Å²) in [5.41, 5.74) is 5.93. The Kier molecular flexibility index (Phi) is 12.0. The van der Waals surface area contributed by atoms with Crippen molar-refractivity contribution in [2.45, 2.75) is 38.9 Å².